The quantitative estimate of drug-likeness (QED) is 0.723. The Bertz CT molecular complexity index is 564. The largest absolute Gasteiger partial charge is 0.491 e. The lowest BCUT2D eigenvalue weighted by Gasteiger charge is -2.37. The summed E-state index contributed by atoms with van der Waals surface area (Å²) in [7, 11) is 1.65. The van der Waals surface area contributed by atoms with E-state index in [1.165, 1.54) is 0 Å². The fourth-order valence-electron chi connectivity index (χ4n) is 3.27. The number of nitrogens with two attached hydrogens (primary N) is 1. The molecular formula is C19H31ClN2O3. The summed E-state index contributed by atoms with van der Waals surface area (Å²) >= 11 is 0. The first kappa shape index (κ1) is 21.7. The van der Waals surface area contributed by atoms with Gasteiger partial charge in [-0.25, -0.2) is 0 Å². The molecule has 1 fully saturated rings. The van der Waals surface area contributed by atoms with Crippen molar-refractivity contribution < 1.29 is 14.3 Å². The Kier molecular flexibility index (Phi) is 8.69. The van der Waals surface area contributed by atoms with Crippen LogP contribution in [0.2, 0.25) is 0 Å². The highest BCUT2D eigenvalue weighted by atomic mass is 35.5. The fraction of sp³-hybridized carbons (Fsp3) is 0.632. The molecule has 0 bridgehead atoms. The molecule has 1 aromatic carbocycles. The highest BCUT2D eigenvalue weighted by Crippen LogP contribution is 2.31. The molecule has 25 heavy (non-hydrogen) atoms. The van der Waals surface area contributed by atoms with E-state index in [-0.39, 0.29) is 24.2 Å². The molecule has 2 rings (SSSR count). The molecule has 0 aromatic heterocycles. The molecule has 2 unspecified atom stereocenters. The zero-order chi connectivity index (χ0) is 17.6. The van der Waals surface area contributed by atoms with Crippen LogP contribution in [0.5, 0.6) is 5.75 Å². The molecule has 0 aliphatic heterocycles. The van der Waals surface area contributed by atoms with Crippen molar-refractivity contribution in [3.63, 3.8) is 0 Å². The monoisotopic (exact) mass is 370 g/mol. The minimum absolute atomic E-state index is 0. The minimum atomic E-state index is -0.409. The number of nitrogens with one attached hydrogen (secondary N) is 1. The third-order valence-electron chi connectivity index (χ3n) is 4.79. The number of ether oxygens (including phenoxy) is 2. The molecule has 1 amide bonds. The van der Waals surface area contributed by atoms with Gasteiger partial charge in [-0.05, 0) is 38.3 Å². The molecule has 1 saturated carbocycles. The van der Waals surface area contributed by atoms with Crippen LogP contribution in [0.1, 0.15) is 43.7 Å². The van der Waals surface area contributed by atoms with Crippen molar-refractivity contribution in [2.24, 2.45) is 11.7 Å². The van der Waals surface area contributed by atoms with E-state index < -0.39 is 5.54 Å². The van der Waals surface area contributed by atoms with Crippen LogP contribution < -0.4 is 15.8 Å². The molecule has 0 spiro atoms. The lowest BCUT2D eigenvalue weighted by atomic mass is 9.74. The van der Waals surface area contributed by atoms with Crippen molar-refractivity contribution in [2.75, 3.05) is 20.3 Å². The first-order valence-electron chi connectivity index (χ1n) is 8.72. The SMILES string of the molecule is COCCOc1cc(C)ccc1CNC(=O)C1CCCCC1(C)N.Cl. The summed E-state index contributed by atoms with van der Waals surface area (Å²) < 4.78 is 10.8. The number of carbonyl (C=O) groups excluding carboxylic acids is 1. The molecule has 5 nitrogen and oxygen atoms in total. The second-order valence-corrected chi connectivity index (χ2v) is 6.97. The van der Waals surface area contributed by atoms with Gasteiger partial charge in [-0.15, -0.1) is 12.4 Å². The molecule has 1 aliphatic carbocycles. The van der Waals surface area contributed by atoms with Gasteiger partial charge in [0.05, 0.1) is 12.5 Å². The highest BCUT2D eigenvalue weighted by molar-refractivity contribution is 5.85. The van der Waals surface area contributed by atoms with Crippen LogP contribution in [-0.2, 0) is 16.1 Å². The predicted octanol–water partition coefficient (Wildman–Crippen LogP) is 2.97. The Morgan fingerprint density at radius 2 is 2.12 bits per heavy atom. The van der Waals surface area contributed by atoms with Gasteiger partial charge in [-0.2, -0.15) is 0 Å². The summed E-state index contributed by atoms with van der Waals surface area (Å²) in [5.74, 6) is 0.726. The maximum atomic E-state index is 12.6. The number of rotatable bonds is 7. The number of methoxy groups -OCH3 is 1. The maximum absolute atomic E-state index is 12.6. The number of amides is 1. The van der Waals surface area contributed by atoms with Crippen LogP contribution in [0, 0.1) is 12.8 Å². The van der Waals surface area contributed by atoms with Crippen LogP contribution in [-0.4, -0.2) is 31.8 Å². The lowest BCUT2D eigenvalue weighted by Crippen LogP contribution is -2.52. The number of benzene rings is 1. The molecule has 0 saturated heterocycles. The average Bonchev–Trinajstić information content (AvgIpc) is 2.53. The van der Waals surface area contributed by atoms with Crippen molar-refractivity contribution >= 4 is 18.3 Å². The van der Waals surface area contributed by atoms with Crippen LogP contribution in [0.4, 0.5) is 0 Å². The van der Waals surface area contributed by atoms with Crippen molar-refractivity contribution in [2.45, 2.75) is 51.6 Å². The molecule has 3 N–H and O–H groups in total. The van der Waals surface area contributed by atoms with Gasteiger partial charge in [0.25, 0.3) is 0 Å². The number of carbonyl (C=O) groups is 1. The van der Waals surface area contributed by atoms with E-state index in [0.29, 0.717) is 19.8 Å². The van der Waals surface area contributed by atoms with E-state index in [4.69, 9.17) is 15.2 Å². The number of hydrogen-bond acceptors (Lipinski definition) is 4. The summed E-state index contributed by atoms with van der Waals surface area (Å²) in [6.07, 6.45) is 3.94. The van der Waals surface area contributed by atoms with E-state index in [2.05, 4.69) is 5.32 Å². The van der Waals surface area contributed by atoms with E-state index in [1.807, 2.05) is 32.0 Å². The Balaban J connectivity index is 0.00000312. The summed E-state index contributed by atoms with van der Waals surface area (Å²) in [6.45, 7) is 5.49. The van der Waals surface area contributed by atoms with Crippen LogP contribution in [0.25, 0.3) is 0 Å². The standard InChI is InChI=1S/C19H30N2O3.ClH/c1-14-7-8-15(17(12-14)24-11-10-23-3)13-21-18(22)16-6-4-5-9-19(16,2)20;/h7-8,12,16H,4-6,9-11,13,20H2,1-3H3,(H,21,22);1H. The number of halogens is 1. The van der Waals surface area contributed by atoms with Gasteiger partial charge in [-0.3, -0.25) is 4.79 Å². The Morgan fingerprint density at radius 1 is 1.36 bits per heavy atom. The molecular weight excluding hydrogens is 340 g/mol. The average molecular weight is 371 g/mol. The topological polar surface area (TPSA) is 73.6 Å². The van der Waals surface area contributed by atoms with Gasteiger partial charge < -0.3 is 20.5 Å². The fourth-order valence-corrected chi connectivity index (χ4v) is 3.27. The van der Waals surface area contributed by atoms with Crippen LogP contribution >= 0.6 is 12.4 Å². The van der Waals surface area contributed by atoms with Gasteiger partial charge in [0.15, 0.2) is 0 Å². The van der Waals surface area contributed by atoms with Crippen LogP contribution in [0.3, 0.4) is 0 Å². The van der Waals surface area contributed by atoms with Crippen LogP contribution in [0.15, 0.2) is 18.2 Å². The smallest absolute Gasteiger partial charge is 0.225 e. The zero-order valence-corrected chi connectivity index (χ0v) is 16.3. The van der Waals surface area contributed by atoms with Crippen molar-refractivity contribution in [1.82, 2.24) is 5.32 Å². The van der Waals surface area contributed by atoms with E-state index >= 15 is 0 Å². The molecule has 0 radical (unpaired) electrons. The Hall–Kier alpha value is -1.30. The second-order valence-electron chi connectivity index (χ2n) is 6.97. The highest BCUT2D eigenvalue weighted by Gasteiger charge is 2.37. The van der Waals surface area contributed by atoms with Crippen molar-refractivity contribution in [3.05, 3.63) is 29.3 Å². The third-order valence-corrected chi connectivity index (χ3v) is 4.79. The van der Waals surface area contributed by atoms with Gasteiger partial charge in [-0.1, -0.05) is 25.0 Å². The number of hydrogen-bond donors (Lipinski definition) is 2. The first-order valence-corrected chi connectivity index (χ1v) is 8.72. The van der Waals surface area contributed by atoms with Crippen molar-refractivity contribution in [3.8, 4) is 5.75 Å². The third kappa shape index (κ3) is 6.17. The molecule has 142 valence electrons. The molecule has 1 aromatic rings. The normalized spacial score (nSPS) is 22.8. The van der Waals surface area contributed by atoms with E-state index in [1.54, 1.807) is 7.11 Å². The zero-order valence-electron chi connectivity index (χ0n) is 15.5. The van der Waals surface area contributed by atoms with Gasteiger partial charge >= 0.3 is 0 Å². The summed E-state index contributed by atoms with van der Waals surface area (Å²) in [4.78, 5) is 12.6. The molecule has 0 heterocycles. The number of aryl methyl sites for hydroxylation is 1. The minimum Gasteiger partial charge on any atom is -0.491 e. The Labute approximate surface area is 157 Å². The van der Waals surface area contributed by atoms with Gasteiger partial charge in [0, 0.05) is 24.8 Å². The van der Waals surface area contributed by atoms with E-state index in [0.717, 1.165) is 42.6 Å². The second kappa shape index (κ2) is 10.00. The summed E-state index contributed by atoms with van der Waals surface area (Å²) in [5.41, 5.74) is 8.01. The first-order chi connectivity index (χ1) is 11.4. The molecule has 2 atom stereocenters. The summed E-state index contributed by atoms with van der Waals surface area (Å²) in [6, 6.07) is 6.02. The Morgan fingerprint density at radius 3 is 2.80 bits per heavy atom. The van der Waals surface area contributed by atoms with E-state index in [9.17, 15) is 4.79 Å². The van der Waals surface area contributed by atoms with Crippen molar-refractivity contribution in [1.29, 1.82) is 0 Å². The maximum Gasteiger partial charge on any atom is 0.225 e. The predicted molar refractivity (Wildman–Crippen MR) is 102 cm³/mol. The molecule has 6 heteroatoms. The molecule has 1 aliphatic rings. The van der Waals surface area contributed by atoms with Gasteiger partial charge in [0.2, 0.25) is 5.91 Å². The van der Waals surface area contributed by atoms with Gasteiger partial charge in [0.1, 0.15) is 12.4 Å². The summed E-state index contributed by atoms with van der Waals surface area (Å²) in [5, 5.41) is 3.04. The lowest BCUT2D eigenvalue weighted by molar-refractivity contribution is -0.128.